The molecule has 0 aliphatic rings. The molecule has 0 radical (unpaired) electrons. The molecule has 0 aromatic rings. The van der Waals surface area contributed by atoms with Crippen molar-refractivity contribution in [2.24, 2.45) is 22.5 Å². The first-order valence-corrected chi connectivity index (χ1v) is 4.60. The SMILES string of the molecule is CCC(CC)C(O)CN=C(N)NN. The van der Waals surface area contributed by atoms with Gasteiger partial charge in [0.05, 0.1) is 12.6 Å². The van der Waals surface area contributed by atoms with Gasteiger partial charge in [-0.25, -0.2) is 10.8 Å². The Labute approximate surface area is 79.2 Å². The predicted octanol–water partition coefficient (Wildman–Crippen LogP) is -0.438. The Bertz CT molecular complexity index is 156. The fourth-order valence-corrected chi connectivity index (χ4v) is 1.22. The average Bonchev–Trinajstić information content (AvgIpc) is 2.16. The number of aliphatic hydroxyl groups is 1. The Balaban J connectivity index is 3.91. The number of hydrazine groups is 1. The summed E-state index contributed by atoms with van der Waals surface area (Å²) in [5.41, 5.74) is 7.52. The molecule has 0 heterocycles. The number of hydrogen-bond donors (Lipinski definition) is 4. The second-order valence-corrected chi connectivity index (χ2v) is 3.01. The van der Waals surface area contributed by atoms with Gasteiger partial charge in [0.25, 0.3) is 0 Å². The highest BCUT2D eigenvalue weighted by molar-refractivity contribution is 5.77. The zero-order chi connectivity index (χ0) is 10.3. The van der Waals surface area contributed by atoms with Crippen LogP contribution in [0, 0.1) is 5.92 Å². The summed E-state index contributed by atoms with van der Waals surface area (Å²) in [5.74, 6) is 5.46. The maximum absolute atomic E-state index is 9.62. The molecular formula is C8H20N4O. The molecule has 13 heavy (non-hydrogen) atoms. The topological polar surface area (TPSA) is 96.7 Å². The van der Waals surface area contributed by atoms with Crippen LogP contribution in [0.3, 0.4) is 0 Å². The number of nitrogens with two attached hydrogens (primary N) is 2. The molecule has 78 valence electrons. The van der Waals surface area contributed by atoms with E-state index in [0.717, 1.165) is 12.8 Å². The first kappa shape index (κ1) is 12.2. The maximum atomic E-state index is 9.62. The summed E-state index contributed by atoms with van der Waals surface area (Å²) >= 11 is 0. The van der Waals surface area contributed by atoms with Crippen molar-refractivity contribution in [2.75, 3.05) is 6.54 Å². The summed E-state index contributed by atoms with van der Waals surface area (Å²) in [6.07, 6.45) is 1.47. The van der Waals surface area contributed by atoms with Crippen LogP contribution in [-0.4, -0.2) is 23.7 Å². The summed E-state index contributed by atoms with van der Waals surface area (Å²) in [5, 5.41) is 9.62. The Hall–Kier alpha value is -0.810. The summed E-state index contributed by atoms with van der Waals surface area (Å²) in [6.45, 7) is 4.40. The second kappa shape index (κ2) is 6.68. The fourth-order valence-electron chi connectivity index (χ4n) is 1.22. The molecule has 1 unspecified atom stereocenters. The molecule has 1 atom stereocenters. The Morgan fingerprint density at radius 1 is 1.46 bits per heavy atom. The van der Waals surface area contributed by atoms with Gasteiger partial charge in [0.1, 0.15) is 0 Å². The summed E-state index contributed by atoms with van der Waals surface area (Å²) in [6, 6.07) is 0. The van der Waals surface area contributed by atoms with Crippen LogP contribution in [0.2, 0.25) is 0 Å². The molecule has 0 aromatic carbocycles. The zero-order valence-electron chi connectivity index (χ0n) is 8.33. The van der Waals surface area contributed by atoms with Gasteiger partial charge >= 0.3 is 0 Å². The molecule has 0 bridgehead atoms. The third kappa shape index (κ3) is 4.69. The van der Waals surface area contributed by atoms with Crippen LogP contribution in [-0.2, 0) is 0 Å². The molecule has 0 amide bonds. The molecule has 0 fully saturated rings. The van der Waals surface area contributed by atoms with Crippen LogP contribution in [0.1, 0.15) is 26.7 Å². The van der Waals surface area contributed by atoms with E-state index in [-0.39, 0.29) is 11.9 Å². The Morgan fingerprint density at radius 3 is 2.38 bits per heavy atom. The minimum atomic E-state index is -0.429. The van der Waals surface area contributed by atoms with Crippen LogP contribution < -0.4 is 17.0 Å². The van der Waals surface area contributed by atoms with Gasteiger partial charge in [0.2, 0.25) is 5.96 Å². The van der Waals surface area contributed by atoms with Crippen molar-refractivity contribution in [3.63, 3.8) is 0 Å². The maximum Gasteiger partial charge on any atom is 0.203 e. The number of nitrogens with zero attached hydrogens (tertiary/aromatic N) is 1. The van der Waals surface area contributed by atoms with Gasteiger partial charge in [-0.1, -0.05) is 26.7 Å². The second-order valence-electron chi connectivity index (χ2n) is 3.01. The number of nitrogens with one attached hydrogen (secondary N) is 1. The third-order valence-corrected chi connectivity index (χ3v) is 2.19. The van der Waals surface area contributed by atoms with E-state index >= 15 is 0 Å². The van der Waals surface area contributed by atoms with Crippen LogP contribution >= 0.6 is 0 Å². The molecule has 0 spiro atoms. The highest BCUT2D eigenvalue weighted by Crippen LogP contribution is 2.12. The molecule has 5 heteroatoms. The van der Waals surface area contributed by atoms with E-state index in [0.29, 0.717) is 6.54 Å². The lowest BCUT2D eigenvalue weighted by Gasteiger charge is -2.17. The van der Waals surface area contributed by atoms with Gasteiger partial charge in [0.15, 0.2) is 0 Å². The first-order valence-electron chi connectivity index (χ1n) is 4.60. The molecular weight excluding hydrogens is 168 g/mol. The normalized spacial score (nSPS) is 14.7. The fraction of sp³-hybridized carbons (Fsp3) is 0.875. The number of aliphatic hydroxyl groups excluding tert-OH is 1. The predicted molar refractivity (Wildman–Crippen MR) is 53.9 cm³/mol. The van der Waals surface area contributed by atoms with Crippen molar-refractivity contribution in [3.8, 4) is 0 Å². The molecule has 5 nitrogen and oxygen atoms in total. The van der Waals surface area contributed by atoms with E-state index in [4.69, 9.17) is 11.6 Å². The Morgan fingerprint density at radius 2 is 2.00 bits per heavy atom. The lowest BCUT2D eigenvalue weighted by atomic mass is 9.97. The van der Waals surface area contributed by atoms with Gasteiger partial charge in [-0.3, -0.25) is 5.43 Å². The van der Waals surface area contributed by atoms with Crippen LogP contribution in [0.25, 0.3) is 0 Å². The van der Waals surface area contributed by atoms with Gasteiger partial charge in [0, 0.05) is 0 Å². The molecule has 0 saturated heterocycles. The van der Waals surface area contributed by atoms with Crippen molar-refractivity contribution in [1.29, 1.82) is 0 Å². The highest BCUT2D eigenvalue weighted by Gasteiger charge is 2.14. The number of aliphatic imine (C=N–C) groups is 1. The van der Waals surface area contributed by atoms with Crippen molar-refractivity contribution in [3.05, 3.63) is 0 Å². The molecule has 0 aromatic heterocycles. The number of guanidine groups is 1. The lowest BCUT2D eigenvalue weighted by molar-refractivity contribution is 0.111. The van der Waals surface area contributed by atoms with Gasteiger partial charge in [-0.15, -0.1) is 0 Å². The minimum absolute atomic E-state index is 0.157. The van der Waals surface area contributed by atoms with Crippen molar-refractivity contribution in [1.82, 2.24) is 5.43 Å². The summed E-state index contributed by atoms with van der Waals surface area (Å²) in [4.78, 5) is 3.87. The van der Waals surface area contributed by atoms with Gasteiger partial charge in [-0.2, -0.15) is 0 Å². The van der Waals surface area contributed by atoms with Crippen LogP contribution in [0.5, 0.6) is 0 Å². The zero-order valence-corrected chi connectivity index (χ0v) is 8.33. The minimum Gasteiger partial charge on any atom is -0.391 e. The number of hydrogen-bond acceptors (Lipinski definition) is 3. The highest BCUT2D eigenvalue weighted by atomic mass is 16.3. The quantitative estimate of drug-likeness (QED) is 0.203. The lowest BCUT2D eigenvalue weighted by Crippen LogP contribution is -2.38. The smallest absolute Gasteiger partial charge is 0.203 e. The van der Waals surface area contributed by atoms with Gasteiger partial charge in [-0.05, 0) is 5.92 Å². The molecule has 0 aliphatic carbocycles. The standard InChI is InChI=1S/C8H20N4O/c1-3-6(4-2)7(13)5-11-8(9)12-10/h6-7,13H,3-5,10H2,1-2H3,(H3,9,11,12). The van der Waals surface area contributed by atoms with E-state index in [9.17, 15) is 5.11 Å². The first-order chi connectivity index (χ1) is 6.15. The average molecular weight is 188 g/mol. The summed E-state index contributed by atoms with van der Waals surface area (Å²) in [7, 11) is 0. The van der Waals surface area contributed by atoms with E-state index in [1.165, 1.54) is 0 Å². The van der Waals surface area contributed by atoms with Crippen molar-refractivity contribution in [2.45, 2.75) is 32.8 Å². The summed E-state index contributed by atoms with van der Waals surface area (Å²) < 4.78 is 0. The van der Waals surface area contributed by atoms with Crippen LogP contribution in [0.4, 0.5) is 0 Å². The van der Waals surface area contributed by atoms with E-state index < -0.39 is 6.10 Å². The Kier molecular flexibility index (Phi) is 6.26. The van der Waals surface area contributed by atoms with E-state index in [1.54, 1.807) is 0 Å². The molecule has 0 saturated carbocycles. The van der Waals surface area contributed by atoms with Crippen molar-refractivity contribution >= 4 is 5.96 Å². The van der Waals surface area contributed by atoms with Crippen LogP contribution in [0.15, 0.2) is 4.99 Å². The van der Waals surface area contributed by atoms with E-state index in [2.05, 4.69) is 10.4 Å². The van der Waals surface area contributed by atoms with Gasteiger partial charge < -0.3 is 10.8 Å². The molecule has 0 rings (SSSR count). The van der Waals surface area contributed by atoms with E-state index in [1.807, 2.05) is 13.8 Å². The van der Waals surface area contributed by atoms with Crippen molar-refractivity contribution < 1.29 is 5.11 Å². The number of rotatable bonds is 5. The largest absolute Gasteiger partial charge is 0.391 e. The molecule has 0 aliphatic heterocycles. The third-order valence-electron chi connectivity index (χ3n) is 2.19. The molecule has 6 N–H and O–H groups in total. The monoisotopic (exact) mass is 188 g/mol.